The monoisotopic (exact) mass is 402 g/mol. The molecule has 3 aromatic rings. The van der Waals surface area contributed by atoms with Crippen molar-refractivity contribution in [3.63, 3.8) is 0 Å². The third kappa shape index (κ3) is 5.35. The molecule has 0 aliphatic rings. The molecule has 0 saturated carbocycles. The first-order valence-electron chi connectivity index (χ1n) is 10.2. The van der Waals surface area contributed by atoms with Crippen molar-refractivity contribution in [3.05, 3.63) is 95.1 Å². The maximum absolute atomic E-state index is 12.7. The smallest absolute Gasteiger partial charge is 0.343 e. The minimum atomic E-state index is -0.489. The van der Waals surface area contributed by atoms with Crippen LogP contribution in [0.25, 0.3) is 0 Å². The lowest BCUT2D eigenvalue weighted by molar-refractivity contribution is 0.0681. The maximum atomic E-state index is 12.7. The van der Waals surface area contributed by atoms with Gasteiger partial charge in [-0.15, -0.1) is 0 Å². The largest absolute Gasteiger partial charge is 0.419 e. The van der Waals surface area contributed by atoms with Crippen LogP contribution in [0.4, 0.5) is 0 Å². The van der Waals surface area contributed by atoms with Crippen LogP contribution in [-0.4, -0.2) is 11.9 Å². The summed E-state index contributed by atoms with van der Waals surface area (Å²) in [5, 5.41) is 0. The molecule has 0 spiro atoms. The van der Waals surface area contributed by atoms with Crippen molar-refractivity contribution in [1.29, 1.82) is 0 Å². The highest BCUT2D eigenvalue weighted by Gasteiger charge is 2.20. The summed E-state index contributed by atoms with van der Waals surface area (Å²) in [6.45, 7) is 6.24. The lowest BCUT2D eigenvalue weighted by atomic mass is 9.99. The van der Waals surface area contributed by atoms with E-state index in [1.54, 1.807) is 54.6 Å². The van der Waals surface area contributed by atoms with Gasteiger partial charge in [0.15, 0.2) is 11.5 Å². The Balaban J connectivity index is 1.99. The fraction of sp³-hybridized carbons (Fsp3) is 0.231. The van der Waals surface area contributed by atoms with Gasteiger partial charge < -0.3 is 9.47 Å². The van der Waals surface area contributed by atoms with Crippen molar-refractivity contribution in [1.82, 2.24) is 0 Å². The van der Waals surface area contributed by atoms with Crippen LogP contribution in [0.5, 0.6) is 11.5 Å². The molecule has 0 saturated heterocycles. The third-order valence-electron chi connectivity index (χ3n) is 4.63. The Labute approximate surface area is 177 Å². The van der Waals surface area contributed by atoms with E-state index < -0.39 is 11.9 Å². The molecule has 0 aromatic heterocycles. The Morgan fingerprint density at radius 3 is 1.83 bits per heavy atom. The summed E-state index contributed by atoms with van der Waals surface area (Å²) in [5.74, 6) is 0.0201. The van der Waals surface area contributed by atoms with Gasteiger partial charge in [-0.2, -0.15) is 0 Å². The second-order valence-electron chi connectivity index (χ2n) is 7.54. The second kappa shape index (κ2) is 9.88. The Bertz CT molecular complexity index is 1010. The number of rotatable bonds is 7. The van der Waals surface area contributed by atoms with Crippen LogP contribution >= 0.6 is 0 Å². The summed E-state index contributed by atoms with van der Waals surface area (Å²) in [5.41, 5.74) is 2.74. The van der Waals surface area contributed by atoms with Gasteiger partial charge in [0.1, 0.15) is 0 Å². The number of hydrogen-bond donors (Lipinski definition) is 0. The summed E-state index contributed by atoms with van der Waals surface area (Å²) in [4.78, 5) is 25.4. The first-order chi connectivity index (χ1) is 14.5. The molecular weight excluding hydrogens is 376 g/mol. The zero-order valence-corrected chi connectivity index (χ0v) is 17.6. The topological polar surface area (TPSA) is 52.6 Å². The molecule has 0 fully saturated rings. The fourth-order valence-electron chi connectivity index (χ4n) is 3.23. The van der Waals surface area contributed by atoms with Gasteiger partial charge in [-0.1, -0.05) is 63.2 Å². The van der Waals surface area contributed by atoms with E-state index in [4.69, 9.17) is 9.47 Å². The zero-order valence-electron chi connectivity index (χ0n) is 17.6. The molecule has 0 aliphatic heterocycles. The standard InChI is InChI=1S/C26H26O4/c1-4-20-16-19(15-18(2)3)17-23(29-25(27)21-11-7-5-8-12-21)24(20)30-26(28)22-13-9-6-10-14-22/h5-14,16-18H,4,15H2,1-3H3. The van der Waals surface area contributed by atoms with Gasteiger partial charge in [-0.05, 0) is 60.2 Å². The van der Waals surface area contributed by atoms with Crippen LogP contribution in [0.2, 0.25) is 0 Å². The van der Waals surface area contributed by atoms with Gasteiger partial charge in [0.05, 0.1) is 11.1 Å². The van der Waals surface area contributed by atoms with Crippen LogP contribution < -0.4 is 9.47 Å². The lowest BCUT2D eigenvalue weighted by Gasteiger charge is -2.17. The van der Waals surface area contributed by atoms with Crippen LogP contribution in [0.3, 0.4) is 0 Å². The fourth-order valence-corrected chi connectivity index (χ4v) is 3.23. The van der Waals surface area contributed by atoms with Crippen molar-refractivity contribution in [2.45, 2.75) is 33.6 Å². The van der Waals surface area contributed by atoms with Crippen molar-refractivity contribution in [3.8, 4) is 11.5 Å². The number of carbonyl (C=O) groups is 2. The molecule has 0 amide bonds. The molecule has 0 unspecified atom stereocenters. The van der Waals surface area contributed by atoms with Crippen LogP contribution in [0, 0.1) is 5.92 Å². The van der Waals surface area contributed by atoms with E-state index in [0.717, 1.165) is 17.5 Å². The molecule has 4 heteroatoms. The van der Waals surface area contributed by atoms with Gasteiger partial charge in [0.25, 0.3) is 0 Å². The molecule has 154 valence electrons. The van der Waals surface area contributed by atoms with Crippen LogP contribution in [0.1, 0.15) is 52.6 Å². The first kappa shape index (κ1) is 21.3. The second-order valence-corrected chi connectivity index (χ2v) is 7.54. The van der Waals surface area contributed by atoms with Crippen molar-refractivity contribution in [2.24, 2.45) is 5.92 Å². The summed E-state index contributed by atoms with van der Waals surface area (Å²) in [7, 11) is 0. The quantitative estimate of drug-likeness (QED) is 0.365. The number of esters is 2. The van der Waals surface area contributed by atoms with Crippen molar-refractivity contribution in [2.75, 3.05) is 0 Å². The van der Waals surface area contributed by atoms with Crippen molar-refractivity contribution < 1.29 is 19.1 Å². The number of hydrogen-bond acceptors (Lipinski definition) is 4. The van der Waals surface area contributed by atoms with E-state index in [1.165, 1.54) is 0 Å². The summed E-state index contributed by atoms with van der Waals surface area (Å²) in [6.07, 6.45) is 1.47. The predicted octanol–water partition coefficient (Wildman–Crippen LogP) is 5.89. The Kier molecular flexibility index (Phi) is 7.02. The van der Waals surface area contributed by atoms with E-state index in [2.05, 4.69) is 13.8 Å². The Morgan fingerprint density at radius 2 is 1.33 bits per heavy atom. The molecule has 0 atom stereocenters. The Hall–Kier alpha value is -3.40. The molecule has 30 heavy (non-hydrogen) atoms. The van der Waals surface area contributed by atoms with Crippen LogP contribution in [-0.2, 0) is 12.8 Å². The molecule has 0 aliphatic carbocycles. The number of carbonyl (C=O) groups excluding carboxylic acids is 2. The number of ether oxygens (including phenoxy) is 2. The van der Waals surface area contributed by atoms with E-state index in [1.807, 2.05) is 25.1 Å². The molecule has 0 bridgehead atoms. The predicted molar refractivity (Wildman–Crippen MR) is 117 cm³/mol. The molecule has 0 radical (unpaired) electrons. The van der Waals surface area contributed by atoms with Crippen LogP contribution in [0.15, 0.2) is 72.8 Å². The van der Waals surface area contributed by atoms with Gasteiger partial charge in [0.2, 0.25) is 0 Å². The molecule has 3 rings (SSSR count). The number of aryl methyl sites for hydroxylation is 1. The minimum Gasteiger partial charge on any atom is -0.419 e. The average molecular weight is 402 g/mol. The highest BCUT2D eigenvalue weighted by molar-refractivity contribution is 5.93. The average Bonchev–Trinajstić information content (AvgIpc) is 2.75. The molecule has 0 heterocycles. The number of benzene rings is 3. The summed E-state index contributed by atoms with van der Waals surface area (Å²) in [6, 6.07) is 21.4. The first-order valence-corrected chi connectivity index (χ1v) is 10.2. The molecule has 3 aromatic carbocycles. The van der Waals surface area contributed by atoms with E-state index in [-0.39, 0.29) is 5.75 Å². The lowest BCUT2D eigenvalue weighted by Crippen LogP contribution is -2.14. The molecular formula is C26H26O4. The summed E-state index contributed by atoms with van der Waals surface area (Å²) < 4.78 is 11.5. The van der Waals surface area contributed by atoms with Gasteiger partial charge in [0, 0.05) is 0 Å². The zero-order chi connectivity index (χ0) is 21.5. The normalized spacial score (nSPS) is 10.7. The van der Waals surface area contributed by atoms with Gasteiger partial charge in [-0.25, -0.2) is 9.59 Å². The minimum absolute atomic E-state index is 0.267. The van der Waals surface area contributed by atoms with Gasteiger partial charge in [-0.3, -0.25) is 0 Å². The molecule has 4 nitrogen and oxygen atoms in total. The maximum Gasteiger partial charge on any atom is 0.343 e. The van der Waals surface area contributed by atoms with E-state index in [0.29, 0.717) is 29.2 Å². The summed E-state index contributed by atoms with van der Waals surface area (Å²) >= 11 is 0. The van der Waals surface area contributed by atoms with Crippen molar-refractivity contribution >= 4 is 11.9 Å². The van der Waals surface area contributed by atoms with Gasteiger partial charge >= 0.3 is 11.9 Å². The third-order valence-corrected chi connectivity index (χ3v) is 4.63. The highest BCUT2D eigenvalue weighted by Crippen LogP contribution is 2.35. The van der Waals surface area contributed by atoms with E-state index >= 15 is 0 Å². The Morgan fingerprint density at radius 1 is 0.800 bits per heavy atom. The van der Waals surface area contributed by atoms with E-state index in [9.17, 15) is 9.59 Å². The molecule has 0 N–H and O–H groups in total. The highest BCUT2D eigenvalue weighted by atomic mass is 16.6. The SMILES string of the molecule is CCc1cc(CC(C)C)cc(OC(=O)c2ccccc2)c1OC(=O)c1ccccc1.